The predicted octanol–water partition coefficient (Wildman–Crippen LogP) is 1.63. The van der Waals surface area contributed by atoms with E-state index in [0.717, 1.165) is 5.56 Å². The molecule has 7 heteroatoms. The maximum atomic E-state index is 13.0. The van der Waals surface area contributed by atoms with E-state index in [9.17, 15) is 9.18 Å². The molecule has 1 rings (SSSR count). The molecule has 0 atom stereocenters. The lowest BCUT2D eigenvalue weighted by molar-refractivity contribution is -0.119. The molecule has 3 N–H and O–H groups in total. The van der Waals surface area contributed by atoms with Crippen molar-refractivity contribution in [2.45, 2.75) is 20.4 Å². The van der Waals surface area contributed by atoms with Gasteiger partial charge in [-0.05, 0) is 31.5 Å². The van der Waals surface area contributed by atoms with Crippen LogP contribution in [0.3, 0.4) is 0 Å². The number of likely N-dealkylation sites (N-methyl/N-ethyl adjacent to an activating group) is 1. The van der Waals surface area contributed by atoms with Gasteiger partial charge in [0, 0.05) is 13.1 Å². The van der Waals surface area contributed by atoms with Crippen LogP contribution < -0.4 is 16.0 Å². The number of aliphatic imine (C=N–C) groups is 1. The Morgan fingerprint density at radius 3 is 2.52 bits per heavy atom. The van der Waals surface area contributed by atoms with E-state index in [4.69, 9.17) is 0 Å². The van der Waals surface area contributed by atoms with Crippen LogP contribution in [-0.2, 0) is 11.3 Å². The maximum absolute atomic E-state index is 13.0. The summed E-state index contributed by atoms with van der Waals surface area (Å²) < 4.78 is 13.0. The zero-order chi connectivity index (χ0) is 14.8. The topological polar surface area (TPSA) is 65.5 Å². The van der Waals surface area contributed by atoms with Gasteiger partial charge in [-0.25, -0.2) is 9.38 Å². The van der Waals surface area contributed by atoms with E-state index >= 15 is 0 Å². The van der Waals surface area contributed by atoms with Gasteiger partial charge in [-0.15, -0.1) is 24.0 Å². The Bertz CT molecular complexity index is 468. The smallest absolute Gasteiger partial charge is 0.239 e. The van der Waals surface area contributed by atoms with Crippen LogP contribution in [0.4, 0.5) is 4.39 Å². The number of amides is 1. The van der Waals surface area contributed by atoms with Crippen molar-refractivity contribution in [2.24, 2.45) is 4.99 Å². The first-order valence-electron chi connectivity index (χ1n) is 6.69. The second kappa shape index (κ2) is 11.3. The van der Waals surface area contributed by atoms with Gasteiger partial charge in [0.05, 0.1) is 13.1 Å². The van der Waals surface area contributed by atoms with Crippen LogP contribution in [0.2, 0.25) is 0 Å². The molecular weight excluding hydrogens is 386 g/mol. The van der Waals surface area contributed by atoms with E-state index in [1.165, 1.54) is 12.1 Å². The van der Waals surface area contributed by atoms with Gasteiger partial charge in [0.1, 0.15) is 5.82 Å². The number of nitrogens with one attached hydrogen (secondary N) is 3. The first-order valence-corrected chi connectivity index (χ1v) is 6.69. The first kappa shape index (κ1) is 19.6. The number of hydrogen-bond donors (Lipinski definition) is 3. The van der Waals surface area contributed by atoms with E-state index in [-0.39, 0.29) is 42.2 Å². The molecule has 0 bridgehead atoms. The molecule has 1 aromatic rings. The number of guanidine groups is 1. The lowest BCUT2D eigenvalue weighted by Gasteiger charge is -2.11. The van der Waals surface area contributed by atoms with Crippen LogP contribution in [-0.4, -0.2) is 31.5 Å². The van der Waals surface area contributed by atoms with Crippen molar-refractivity contribution in [2.75, 3.05) is 19.6 Å². The Balaban J connectivity index is 0.00000400. The minimum absolute atomic E-state index is 0. The second-order valence-corrected chi connectivity index (χ2v) is 4.13. The summed E-state index contributed by atoms with van der Waals surface area (Å²) in [7, 11) is 0. The number of carbonyl (C=O) groups excluding carboxylic acids is 1. The average molecular weight is 408 g/mol. The highest BCUT2D eigenvalue weighted by Gasteiger charge is 2.02. The quantitative estimate of drug-likeness (QED) is 0.381. The van der Waals surface area contributed by atoms with Crippen molar-refractivity contribution < 1.29 is 9.18 Å². The van der Waals surface area contributed by atoms with E-state index in [0.29, 0.717) is 25.6 Å². The molecule has 0 radical (unpaired) electrons. The van der Waals surface area contributed by atoms with Gasteiger partial charge >= 0.3 is 0 Å². The molecule has 0 aliphatic heterocycles. The van der Waals surface area contributed by atoms with Crippen LogP contribution >= 0.6 is 24.0 Å². The number of carbonyl (C=O) groups is 1. The zero-order valence-electron chi connectivity index (χ0n) is 12.3. The summed E-state index contributed by atoms with van der Waals surface area (Å²) in [4.78, 5) is 15.7. The SMILES string of the molecule is CCNC(=O)CNC(=NCc1cccc(F)c1)NCC.I. The molecule has 0 saturated carbocycles. The van der Waals surface area contributed by atoms with Gasteiger partial charge in [-0.3, -0.25) is 4.79 Å². The molecule has 5 nitrogen and oxygen atoms in total. The Morgan fingerprint density at radius 2 is 1.90 bits per heavy atom. The summed E-state index contributed by atoms with van der Waals surface area (Å²) in [6, 6.07) is 6.29. The van der Waals surface area contributed by atoms with Gasteiger partial charge < -0.3 is 16.0 Å². The highest BCUT2D eigenvalue weighted by Crippen LogP contribution is 2.04. The number of hydrogen-bond acceptors (Lipinski definition) is 2. The lowest BCUT2D eigenvalue weighted by Crippen LogP contribution is -2.43. The van der Waals surface area contributed by atoms with Gasteiger partial charge in [-0.2, -0.15) is 0 Å². The van der Waals surface area contributed by atoms with E-state index < -0.39 is 0 Å². The molecule has 0 aliphatic carbocycles. The number of rotatable bonds is 6. The number of halogens is 2. The van der Waals surface area contributed by atoms with Gasteiger partial charge in [-0.1, -0.05) is 12.1 Å². The largest absolute Gasteiger partial charge is 0.357 e. The fourth-order valence-electron chi connectivity index (χ4n) is 1.57. The van der Waals surface area contributed by atoms with Crippen molar-refractivity contribution >= 4 is 35.8 Å². The van der Waals surface area contributed by atoms with Crippen molar-refractivity contribution in [1.29, 1.82) is 0 Å². The molecule has 21 heavy (non-hydrogen) atoms. The van der Waals surface area contributed by atoms with Gasteiger partial charge in [0.25, 0.3) is 0 Å². The van der Waals surface area contributed by atoms with E-state index in [1.54, 1.807) is 12.1 Å². The van der Waals surface area contributed by atoms with Gasteiger partial charge in [0.15, 0.2) is 5.96 Å². The molecule has 1 amide bonds. The summed E-state index contributed by atoms with van der Waals surface area (Å²) in [5.41, 5.74) is 0.778. The van der Waals surface area contributed by atoms with Crippen LogP contribution in [0.25, 0.3) is 0 Å². The second-order valence-electron chi connectivity index (χ2n) is 4.13. The first-order chi connectivity index (χ1) is 9.65. The van der Waals surface area contributed by atoms with Crippen molar-refractivity contribution in [1.82, 2.24) is 16.0 Å². The average Bonchev–Trinajstić information content (AvgIpc) is 2.42. The molecule has 0 spiro atoms. The highest BCUT2D eigenvalue weighted by molar-refractivity contribution is 14.0. The molecule has 0 aliphatic rings. The molecular formula is C14H22FIN4O. The third-order valence-electron chi connectivity index (χ3n) is 2.44. The summed E-state index contributed by atoms with van der Waals surface area (Å²) in [6.45, 7) is 5.58. The molecule has 0 saturated heterocycles. The molecule has 0 unspecified atom stereocenters. The number of nitrogens with zero attached hydrogens (tertiary/aromatic N) is 1. The maximum Gasteiger partial charge on any atom is 0.239 e. The molecule has 0 heterocycles. The fourth-order valence-corrected chi connectivity index (χ4v) is 1.57. The van der Waals surface area contributed by atoms with Gasteiger partial charge in [0.2, 0.25) is 5.91 Å². The van der Waals surface area contributed by atoms with Crippen LogP contribution in [0, 0.1) is 5.82 Å². The van der Waals surface area contributed by atoms with Crippen molar-refractivity contribution in [3.8, 4) is 0 Å². The number of benzene rings is 1. The third kappa shape index (κ3) is 8.49. The Labute approximate surface area is 141 Å². The fraction of sp³-hybridized carbons (Fsp3) is 0.429. The molecule has 1 aromatic carbocycles. The van der Waals surface area contributed by atoms with E-state index in [2.05, 4.69) is 20.9 Å². The Morgan fingerprint density at radius 1 is 1.19 bits per heavy atom. The molecule has 0 aromatic heterocycles. The summed E-state index contributed by atoms with van der Waals surface area (Å²) >= 11 is 0. The molecule has 118 valence electrons. The summed E-state index contributed by atoms with van der Waals surface area (Å²) in [5, 5.41) is 8.64. The van der Waals surface area contributed by atoms with Crippen molar-refractivity contribution in [3.63, 3.8) is 0 Å². The summed E-state index contributed by atoms with van der Waals surface area (Å²) in [5.74, 6) is 0.157. The minimum atomic E-state index is -0.280. The van der Waals surface area contributed by atoms with Crippen LogP contribution in [0.5, 0.6) is 0 Å². The lowest BCUT2D eigenvalue weighted by atomic mass is 10.2. The van der Waals surface area contributed by atoms with E-state index in [1.807, 2.05) is 13.8 Å². The van der Waals surface area contributed by atoms with Crippen LogP contribution in [0.15, 0.2) is 29.3 Å². The minimum Gasteiger partial charge on any atom is -0.357 e. The summed E-state index contributed by atoms with van der Waals surface area (Å²) in [6.07, 6.45) is 0. The highest BCUT2D eigenvalue weighted by atomic mass is 127. The molecule has 0 fully saturated rings. The third-order valence-corrected chi connectivity index (χ3v) is 2.44. The monoisotopic (exact) mass is 408 g/mol. The zero-order valence-corrected chi connectivity index (χ0v) is 14.6. The van der Waals surface area contributed by atoms with Crippen LogP contribution in [0.1, 0.15) is 19.4 Å². The Kier molecular flexibility index (Phi) is 10.6. The Hall–Kier alpha value is -1.38. The normalized spacial score (nSPS) is 10.5. The van der Waals surface area contributed by atoms with Crippen molar-refractivity contribution in [3.05, 3.63) is 35.6 Å². The predicted molar refractivity (Wildman–Crippen MR) is 93.3 cm³/mol. The standard InChI is InChI=1S/C14H21FN4O.HI/c1-3-16-13(20)10-19-14(17-4-2)18-9-11-6-5-7-12(15)8-11;/h5-8H,3-4,9-10H2,1-2H3,(H,16,20)(H2,17,18,19);1H.